The Kier molecular flexibility index (Phi) is 9.56. The first-order valence-corrected chi connectivity index (χ1v) is 8.73. The minimum absolute atomic E-state index is 0.00194. The quantitative estimate of drug-likeness (QED) is 0.232. The number of aliphatic imine (C=N–C) groups is 1. The van der Waals surface area contributed by atoms with Crippen LogP contribution in [0.5, 0.6) is 0 Å². The average molecular weight is 371 g/mol. The number of aromatic nitrogens is 2. The molecule has 10 heteroatoms. The maximum Gasteiger partial charge on any atom is 0.280 e. The summed E-state index contributed by atoms with van der Waals surface area (Å²) in [6.07, 6.45) is 7.82. The van der Waals surface area contributed by atoms with Gasteiger partial charge in [-0.2, -0.15) is 0 Å². The largest absolute Gasteiger partial charge is 0.382 e. The highest BCUT2D eigenvalue weighted by atomic mass is 35.5. The molecular weight excluding hydrogens is 344 g/mol. The molecule has 0 radical (unpaired) electrons. The molecule has 0 unspecified atom stereocenters. The second-order valence-corrected chi connectivity index (χ2v) is 5.98. The van der Waals surface area contributed by atoms with Crippen LogP contribution >= 0.6 is 11.6 Å². The van der Waals surface area contributed by atoms with Crippen molar-refractivity contribution >= 4 is 35.1 Å². The molecule has 0 aliphatic carbocycles. The molecule has 0 atom stereocenters. The molecule has 0 saturated carbocycles. The highest BCUT2D eigenvalue weighted by Gasteiger charge is 2.16. The summed E-state index contributed by atoms with van der Waals surface area (Å²) >= 11 is 5.74. The summed E-state index contributed by atoms with van der Waals surface area (Å²) in [5, 5.41) is 2.31. The van der Waals surface area contributed by atoms with Gasteiger partial charge in [-0.05, 0) is 19.4 Å². The first kappa shape index (κ1) is 20.9. The van der Waals surface area contributed by atoms with E-state index >= 15 is 0 Å². The lowest BCUT2D eigenvalue weighted by molar-refractivity contribution is 0.0972. The van der Waals surface area contributed by atoms with Gasteiger partial charge in [0, 0.05) is 6.54 Å². The maximum absolute atomic E-state index is 12.0. The number of halogens is 1. The SMILES string of the molecule is NCCCCCCCCCN=C(N)NC(=O)c1nc(Cl)c(N)nc1N. The zero-order chi connectivity index (χ0) is 18.7. The van der Waals surface area contributed by atoms with Crippen molar-refractivity contribution in [3.63, 3.8) is 0 Å². The standard InChI is InChI=1S/C15H27ClN8O/c16-11-13(19)23-12(18)10(22-11)14(25)24-15(20)21-9-7-5-3-1-2-4-6-8-17/h1-9,17H2,(H4,18,19,23)(H3,20,21,24,25). The number of amides is 1. The van der Waals surface area contributed by atoms with Gasteiger partial charge in [0.15, 0.2) is 28.4 Å². The Balaban J connectivity index is 2.31. The Hall–Kier alpha value is -2.13. The maximum atomic E-state index is 12.0. The molecule has 0 aliphatic heterocycles. The third-order valence-electron chi connectivity index (χ3n) is 3.51. The molecule has 1 rings (SSSR count). The van der Waals surface area contributed by atoms with Crippen LogP contribution in [0.3, 0.4) is 0 Å². The molecule has 1 aromatic rings. The van der Waals surface area contributed by atoms with Crippen molar-refractivity contribution in [1.29, 1.82) is 0 Å². The number of rotatable bonds is 10. The van der Waals surface area contributed by atoms with Crippen molar-refractivity contribution in [2.75, 3.05) is 24.6 Å². The Morgan fingerprint density at radius 1 is 1.00 bits per heavy atom. The molecule has 0 aromatic carbocycles. The van der Waals surface area contributed by atoms with Crippen LogP contribution in [0.4, 0.5) is 11.6 Å². The number of carbonyl (C=O) groups excluding carboxylic acids is 1. The number of guanidine groups is 1. The lowest BCUT2D eigenvalue weighted by Crippen LogP contribution is -2.38. The van der Waals surface area contributed by atoms with E-state index in [2.05, 4.69) is 20.3 Å². The molecule has 25 heavy (non-hydrogen) atoms. The fraction of sp³-hybridized carbons (Fsp3) is 0.600. The molecule has 0 spiro atoms. The van der Waals surface area contributed by atoms with E-state index in [1.54, 1.807) is 0 Å². The minimum atomic E-state index is -0.631. The van der Waals surface area contributed by atoms with Crippen LogP contribution in [-0.2, 0) is 0 Å². The van der Waals surface area contributed by atoms with Gasteiger partial charge in [-0.1, -0.05) is 43.7 Å². The molecule has 140 valence electrons. The number of carbonyl (C=O) groups is 1. The van der Waals surface area contributed by atoms with Crippen LogP contribution in [0.25, 0.3) is 0 Å². The first-order valence-electron chi connectivity index (χ1n) is 8.35. The van der Waals surface area contributed by atoms with Crippen molar-refractivity contribution < 1.29 is 4.79 Å². The highest BCUT2D eigenvalue weighted by Crippen LogP contribution is 2.17. The first-order chi connectivity index (χ1) is 12.0. The Labute approximate surface area is 152 Å². The third-order valence-corrected chi connectivity index (χ3v) is 3.78. The third kappa shape index (κ3) is 7.99. The van der Waals surface area contributed by atoms with E-state index in [0.717, 1.165) is 32.2 Å². The van der Waals surface area contributed by atoms with Gasteiger partial charge in [0.25, 0.3) is 5.91 Å². The molecule has 1 aromatic heterocycles. The molecule has 1 heterocycles. The molecule has 0 aliphatic rings. The minimum Gasteiger partial charge on any atom is -0.382 e. The van der Waals surface area contributed by atoms with Crippen LogP contribution < -0.4 is 28.3 Å². The number of hydrogen-bond donors (Lipinski definition) is 5. The van der Waals surface area contributed by atoms with E-state index in [0.29, 0.717) is 6.54 Å². The molecule has 0 fully saturated rings. The normalized spacial score (nSPS) is 11.5. The summed E-state index contributed by atoms with van der Waals surface area (Å²) in [5.74, 6) is -0.794. The van der Waals surface area contributed by atoms with Gasteiger partial charge >= 0.3 is 0 Å². The molecule has 0 saturated heterocycles. The van der Waals surface area contributed by atoms with Crippen molar-refractivity contribution in [3.8, 4) is 0 Å². The van der Waals surface area contributed by atoms with E-state index in [4.69, 9.17) is 34.5 Å². The summed E-state index contributed by atoms with van der Waals surface area (Å²) in [6, 6.07) is 0. The summed E-state index contributed by atoms with van der Waals surface area (Å²) in [5.41, 5.74) is 22.1. The van der Waals surface area contributed by atoms with Crippen LogP contribution in [0.15, 0.2) is 4.99 Å². The fourth-order valence-electron chi connectivity index (χ4n) is 2.16. The zero-order valence-electron chi connectivity index (χ0n) is 14.3. The molecule has 9 nitrogen and oxygen atoms in total. The summed E-state index contributed by atoms with van der Waals surface area (Å²) in [7, 11) is 0. The number of nitrogen functional groups attached to an aromatic ring is 2. The van der Waals surface area contributed by atoms with Gasteiger partial charge in [-0.15, -0.1) is 0 Å². The number of anilines is 2. The van der Waals surface area contributed by atoms with Gasteiger partial charge in [0.2, 0.25) is 0 Å². The molecule has 1 amide bonds. The highest BCUT2D eigenvalue weighted by molar-refractivity contribution is 6.31. The Morgan fingerprint density at radius 3 is 2.24 bits per heavy atom. The summed E-state index contributed by atoms with van der Waals surface area (Å²) < 4.78 is 0. The van der Waals surface area contributed by atoms with E-state index in [-0.39, 0.29) is 28.4 Å². The number of unbranched alkanes of at least 4 members (excludes halogenated alkanes) is 6. The van der Waals surface area contributed by atoms with Crippen LogP contribution in [0, 0.1) is 0 Å². The monoisotopic (exact) mass is 370 g/mol. The van der Waals surface area contributed by atoms with Gasteiger partial charge in [-0.25, -0.2) is 9.97 Å². The number of hydrogen-bond acceptors (Lipinski definition) is 7. The molecule has 9 N–H and O–H groups in total. The molecule has 0 bridgehead atoms. The zero-order valence-corrected chi connectivity index (χ0v) is 15.1. The fourth-order valence-corrected chi connectivity index (χ4v) is 2.29. The second-order valence-electron chi connectivity index (χ2n) is 5.62. The van der Waals surface area contributed by atoms with Gasteiger partial charge in [-0.3, -0.25) is 15.1 Å². The van der Waals surface area contributed by atoms with Crippen molar-refractivity contribution in [2.24, 2.45) is 16.5 Å². The van der Waals surface area contributed by atoms with Crippen molar-refractivity contribution in [3.05, 3.63) is 10.8 Å². The van der Waals surface area contributed by atoms with Gasteiger partial charge in [0.1, 0.15) is 0 Å². The lowest BCUT2D eigenvalue weighted by Gasteiger charge is -2.07. The van der Waals surface area contributed by atoms with Crippen LogP contribution in [0.2, 0.25) is 5.15 Å². The predicted molar refractivity (Wildman–Crippen MR) is 101 cm³/mol. The Morgan fingerprint density at radius 2 is 1.60 bits per heavy atom. The van der Waals surface area contributed by atoms with E-state index < -0.39 is 5.91 Å². The van der Waals surface area contributed by atoms with Crippen molar-refractivity contribution in [1.82, 2.24) is 15.3 Å². The van der Waals surface area contributed by atoms with Crippen LogP contribution in [0.1, 0.15) is 55.4 Å². The smallest absolute Gasteiger partial charge is 0.280 e. The number of nitrogens with one attached hydrogen (secondary N) is 1. The summed E-state index contributed by atoms with van der Waals surface area (Å²) in [6.45, 7) is 1.30. The lowest BCUT2D eigenvalue weighted by atomic mass is 10.1. The van der Waals surface area contributed by atoms with Gasteiger partial charge < -0.3 is 22.9 Å². The Bertz CT molecular complexity index is 593. The summed E-state index contributed by atoms with van der Waals surface area (Å²) in [4.78, 5) is 23.7. The second kappa shape index (κ2) is 11.4. The van der Waals surface area contributed by atoms with E-state index in [9.17, 15) is 4.79 Å². The van der Waals surface area contributed by atoms with Gasteiger partial charge in [0.05, 0.1) is 0 Å². The van der Waals surface area contributed by atoms with E-state index in [1.165, 1.54) is 19.3 Å². The number of nitrogens with two attached hydrogens (primary N) is 4. The van der Waals surface area contributed by atoms with Crippen LogP contribution in [-0.4, -0.2) is 34.9 Å². The van der Waals surface area contributed by atoms with E-state index in [1.807, 2.05) is 0 Å². The van der Waals surface area contributed by atoms with Crippen molar-refractivity contribution in [2.45, 2.75) is 44.9 Å². The number of nitrogens with zero attached hydrogens (tertiary/aromatic N) is 3. The predicted octanol–water partition coefficient (Wildman–Crippen LogP) is 1.03. The topological polar surface area (TPSA) is 171 Å². The average Bonchev–Trinajstić information content (AvgIpc) is 2.56. The molecular formula is C15H27ClN8O.